The lowest BCUT2D eigenvalue weighted by atomic mass is 9.88. The molecule has 2 amide bonds. The quantitative estimate of drug-likeness (QED) is 0.329. The maximum absolute atomic E-state index is 13.5. The van der Waals surface area contributed by atoms with Gasteiger partial charge in [0.1, 0.15) is 5.82 Å². The zero-order valence-electron chi connectivity index (χ0n) is 26.6. The number of hydrogen-bond acceptors (Lipinski definition) is 8. The van der Waals surface area contributed by atoms with E-state index in [2.05, 4.69) is 56.8 Å². The highest BCUT2D eigenvalue weighted by Crippen LogP contribution is 2.27. The number of carbonyl (C=O) groups excluding carboxylic acids is 1. The van der Waals surface area contributed by atoms with Gasteiger partial charge in [-0.1, -0.05) is 28.1 Å². The van der Waals surface area contributed by atoms with Crippen molar-refractivity contribution in [2.24, 2.45) is 18.9 Å². The average Bonchev–Trinajstić information content (AvgIpc) is 3.48. The van der Waals surface area contributed by atoms with Gasteiger partial charge in [0.15, 0.2) is 5.82 Å². The Hall–Kier alpha value is -2.97. The summed E-state index contributed by atoms with van der Waals surface area (Å²) in [7, 11) is 1.79. The maximum Gasteiger partial charge on any atom is 0.319 e. The minimum absolute atomic E-state index is 0.0617. The Balaban J connectivity index is 1.10. The molecule has 248 valence electrons. The van der Waals surface area contributed by atoms with Crippen LogP contribution in [0, 0.1) is 17.7 Å². The summed E-state index contributed by atoms with van der Waals surface area (Å²) in [6.45, 7) is 10.6. The van der Waals surface area contributed by atoms with Crippen molar-refractivity contribution in [1.29, 1.82) is 0 Å². The molecule has 3 aliphatic rings. The molecule has 3 aliphatic heterocycles. The van der Waals surface area contributed by atoms with Crippen molar-refractivity contribution in [3.63, 3.8) is 0 Å². The summed E-state index contributed by atoms with van der Waals surface area (Å²) in [5.41, 5.74) is 2.68. The van der Waals surface area contributed by atoms with Crippen molar-refractivity contribution >= 4 is 27.6 Å². The summed E-state index contributed by atoms with van der Waals surface area (Å²) in [5, 5.41) is 18.2. The first-order valence-electron chi connectivity index (χ1n) is 16.5. The number of tetrazole rings is 1. The molecule has 2 aromatic carbocycles. The fourth-order valence-corrected chi connectivity index (χ4v) is 7.66. The molecule has 3 atom stereocenters. The van der Waals surface area contributed by atoms with Crippen molar-refractivity contribution in [1.82, 2.24) is 40.2 Å². The second kappa shape index (κ2) is 15.7. The molecule has 3 fully saturated rings. The number of carbonyl (C=O) groups is 1. The van der Waals surface area contributed by atoms with E-state index < -0.39 is 0 Å². The van der Waals surface area contributed by atoms with E-state index in [1.165, 1.54) is 12.0 Å². The Morgan fingerprint density at radius 1 is 1.00 bits per heavy atom. The van der Waals surface area contributed by atoms with Crippen LogP contribution in [-0.4, -0.2) is 119 Å². The molecule has 3 aromatic rings. The van der Waals surface area contributed by atoms with Gasteiger partial charge in [0, 0.05) is 87.1 Å². The molecule has 0 bridgehead atoms. The Morgan fingerprint density at radius 2 is 1.80 bits per heavy atom. The number of piperidine rings is 2. The monoisotopic (exact) mass is 697 g/mol. The van der Waals surface area contributed by atoms with Crippen molar-refractivity contribution in [2.75, 3.05) is 77.4 Å². The largest absolute Gasteiger partial charge is 0.379 e. The molecule has 11 nitrogen and oxygen atoms in total. The predicted octanol–water partition coefficient (Wildman–Crippen LogP) is 3.88. The number of aryl methyl sites for hydroxylation is 1. The second-order valence-electron chi connectivity index (χ2n) is 13.0. The number of halogens is 2. The van der Waals surface area contributed by atoms with E-state index in [-0.39, 0.29) is 17.9 Å². The highest BCUT2D eigenvalue weighted by Gasteiger charge is 2.33. The third-order valence-electron chi connectivity index (χ3n) is 9.54. The molecule has 0 radical (unpaired) electrons. The van der Waals surface area contributed by atoms with E-state index >= 15 is 0 Å². The van der Waals surface area contributed by atoms with E-state index in [0.29, 0.717) is 23.3 Å². The lowest BCUT2D eigenvalue weighted by Gasteiger charge is -2.43. The first kappa shape index (κ1) is 33.0. The van der Waals surface area contributed by atoms with Crippen LogP contribution >= 0.6 is 15.9 Å². The van der Waals surface area contributed by atoms with Crippen LogP contribution < -0.4 is 10.6 Å². The normalized spacial score (nSPS) is 23.3. The van der Waals surface area contributed by atoms with Gasteiger partial charge in [-0.2, -0.15) is 0 Å². The number of ether oxygens (including phenoxy) is 1. The van der Waals surface area contributed by atoms with Gasteiger partial charge in [-0.05, 0) is 84.5 Å². The van der Waals surface area contributed by atoms with E-state index in [1.807, 2.05) is 30.3 Å². The maximum atomic E-state index is 13.5. The second-order valence-corrected chi connectivity index (χ2v) is 13.9. The van der Waals surface area contributed by atoms with Gasteiger partial charge in [-0.3, -0.25) is 4.90 Å². The number of morpholine rings is 1. The third-order valence-corrected chi connectivity index (χ3v) is 10.00. The number of benzene rings is 2. The molecule has 6 rings (SSSR count). The Bertz CT molecular complexity index is 1430. The van der Waals surface area contributed by atoms with Gasteiger partial charge < -0.3 is 25.2 Å². The molecular formula is C33H45BrFN9O2. The predicted molar refractivity (Wildman–Crippen MR) is 179 cm³/mol. The molecule has 0 spiro atoms. The van der Waals surface area contributed by atoms with E-state index in [0.717, 1.165) is 101 Å². The van der Waals surface area contributed by atoms with Crippen LogP contribution in [0.3, 0.4) is 0 Å². The summed E-state index contributed by atoms with van der Waals surface area (Å²) >= 11 is 3.57. The number of urea groups is 1. The molecule has 2 N–H and O–H groups in total. The lowest BCUT2D eigenvalue weighted by molar-refractivity contribution is 0.0274. The van der Waals surface area contributed by atoms with Crippen molar-refractivity contribution < 1.29 is 13.9 Å². The van der Waals surface area contributed by atoms with E-state index in [1.54, 1.807) is 23.9 Å². The van der Waals surface area contributed by atoms with Crippen LogP contribution in [0.1, 0.15) is 24.8 Å². The van der Waals surface area contributed by atoms with Crippen LogP contribution in [0.2, 0.25) is 0 Å². The minimum atomic E-state index is -0.204. The lowest BCUT2D eigenvalue weighted by Crippen LogP contribution is -2.56. The number of amides is 2. The van der Waals surface area contributed by atoms with Crippen LogP contribution in [0.4, 0.5) is 14.9 Å². The Morgan fingerprint density at radius 3 is 2.59 bits per heavy atom. The van der Waals surface area contributed by atoms with E-state index in [9.17, 15) is 9.18 Å². The Kier molecular flexibility index (Phi) is 11.3. The molecule has 46 heavy (non-hydrogen) atoms. The van der Waals surface area contributed by atoms with Crippen LogP contribution in [0.15, 0.2) is 46.9 Å². The molecule has 3 saturated heterocycles. The zero-order chi connectivity index (χ0) is 31.9. The fraction of sp³-hybridized carbons (Fsp3) is 0.576. The zero-order valence-corrected chi connectivity index (χ0v) is 28.2. The van der Waals surface area contributed by atoms with Crippen molar-refractivity contribution in [2.45, 2.75) is 31.7 Å². The molecule has 1 aromatic heterocycles. The first-order valence-corrected chi connectivity index (χ1v) is 17.3. The number of nitrogens with zero attached hydrogens (tertiary/aromatic N) is 7. The number of anilines is 1. The Labute approximate surface area is 278 Å². The number of likely N-dealkylation sites (tertiary alicyclic amines) is 2. The van der Waals surface area contributed by atoms with Gasteiger partial charge in [0.2, 0.25) is 0 Å². The van der Waals surface area contributed by atoms with E-state index in [4.69, 9.17) is 4.74 Å². The van der Waals surface area contributed by atoms with Crippen LogP contribution in [0.5, 0.6) is 0 Å². The molecule has 13 heteroatoms. The SMILES string of the molecule is Cn1nnnc1-c1cc(Br)cc(NC(=O)N[C@@H]2CCN(CCN3CCOCC3)C[C@H]2CN2CCC[C@@H](Cc3ccc(F)cc3)C2)c1. The number of nitrogens with one attached hydrogen (secondary N) is 2. The standard InChI is InChI=1S/C33H45BrFN9O2/c1-41-32(38-39-40-41)26-18-28(34)20-30(19-26)36-33(45)37-31-8-10-43(12-11-42-13-15-46-16-14-42)22-27(31)23-44-9-2-3-25(21-44)17-24-4-6-29(35)7-5-24/h4-7,18-20,25,27,31H,2-3,8-17,21-23H2,1H3,(H2,36,37,45)/t25-,27-,31+/m0/s1. The van der Waals surface area contributed by atoms with Gasteiger partial charge in [0.05, 0.1) is 13.2 Å². The molecule has 0 saturated carbocycles. The van der Waals surface area contributed by atoms with Crippen molar-refractivity contribution in [3.8, 4) is 11.4 Å². The molecular weight excluding hydrogens is 653 g/mol. The van der Waals surface area contributed by atoms with Gasteiger partial charge in [0.25, 0.3) is 0 Å². The number of rotatable bonds is 10. The fourth-order valence-electron chi connectivity index (χ4n) is 7.16. The molecule has 4 heterocycles. The molecule has 0 unspecified atom stereocenters. The summed E-state index contributed by atoms with van der Waals surface area (Å²) in [6, 6.07) is 12.5. The third kappa shape index (κ3) is 9.09. The topological polar surface area (TPSA) is 104 Å². The minimum Gasteiger partial charge on any atom is -0.379 e. The first-order chi connectivity index (χ1) is 22.4. The van der Waals surface area contributed by atoms with Gasteiger partial charge in [-0.25, -0.2) is 13.9 Å². The summed E-state index contributed by atoms with van der Waals surface area (Å²) in [5.74, 6) is 1.28. The van der Waals surface area contributed by atoms with Crippen LogP contribution in [0.25, 0.3) is 11.4 Å². The summed E-state index contributed by atoms with van der Waals surface area (Å²) in [4.78, 5) is 21.1. The highest BCUT2D eigenvalue weighted by atomic mass is 79.9. The highest BCUT2D eigenvalue weighted by molar-refractivity contribution is 9.10. The average molecular weight is 699 g/mol. The summed E-state index contributed by atoms with van der Waals surface area (Å²) < 4.78 is 21.4. The van der Waals surface area contributed by atoms with Gasteiger partial charge >= 0.3 is 6.03 Å². The summed E-state index contributed by atoms with van der Waals surface area (Å²) in [6.07, 6.45) is 4.22. The number of aromatic nitrogens is 4. The van der Waals surface area contributed by atoms with Crippen molar-refractivity contribution in [3.05, 3.63) is 58.3 Å². The van der Waals surface area contributed by atoms with Crippen LogP contribution in [-0.2, 0) is 18.2 Å². The smallest absolute Gasteiger partial charge is 0.319 e. The van der Waals surface area contributed by atoms with Gasteiger partial charge in [-0.15, -0.1) is 5.10 Å². The number of hydrogen-bond donors (Lipinski definition) is 2. The molecule has 0 aliphatic carbocycles.